The van der Waals surface area contributed by atoms with Crippen molar-refractivity contribution < 1.29 is 17.6 Å². The number of hydrogen-bond donors (Lipinski definition) is 0. The monoisotopic (exact) mass is 601 g/mol. The second-order valence-electron chi connectivity index (χ2n) is 11.5. The van der Waals surface area contributed by atoms with Crippen LogP contribution in [-0.2, 0) is 0 Å². The molecule has 0 unspecified atom stereocenters. The minimum Gasteiger partial charge on any atom is -0.456 e. The SMILES string of the molecule is Fc1cc(-c2cc(-c3ccc4oc5ccccc5c4c3)nc(-c3ccc4c5ccccc5c5ccccc5c4c3)c2)cc(F)c1F. The van der Waals surface area contributed by atoms with Crippen LogP contribution in [0, 0.1) is 17.5 Å². The van der Waals surface area contributed by atoms with Crippen LogP contribution >= 0.6 is 0 Å². The number of nitrogens with zero attached hydrogens (tertiary/aromatic N) is 1. The number of fused-ring (bicyclic) bond motifs is 9. The van der Waals surface area contributed by atoms with Gasteiger partial charge < -0.3 is 4.42 Å². The molecule has 7 aromatic carbocycles. The van der Waals surface area contributed by atoms with Crippen molar-refractivity contribution in [2.75, 3.05) is 0 Å². The maximum absolute atomic E-state index is 14.5. The average Bonchev–Trinajstić information content (AvgIpc) is 3.48. The molecule has 0 amide bonds. The summed E-state index contributed by atoms with van der Waals surface area (Å²) in [5, 5.41) is 8.72. The van der Waals surface area contributed by atoms with Crippen molar-refractivity contribution >= 4 is 54.3 Å². The van der Waals surface area contributed by atoms with Crippen LogP contribution in [0.5, 0.6) is 0 Å². The number of rotatable bonds is 3. The number of para-hydroxylation sites is 1. The van der Waals surface area contributed by atoms with Crippen molar-refractivity contribution in [3.63, 3.8) is 0 Å². The summed E-state index contributed by atoms with van der Waals surface area (Å²) in [5.74, 6) is -3.99. The average molecular weight is 602 g/mol. The second kappa shape index (κ2) is 10.0. The highest BCUT2D eigenvalue weighted by atomic mass is 19.2. The molecular formula is C41H22F3NO. The highest BCUT2D eigenvalue weighted by Gasteiger charge is 2.17. The van der Waals surface area contributed by atoms with E-state index in [-0.39, 0.29) is 5.56 Å². The lowest BCUT2D eigenvalue weighted by Gasteiger charge is -2.14. The van der Waals surface area contributed by atoms with Gasteiger partial charge in [0.15, 0.2) is 17.5 Å². The molecular weight excluding hydrogens is 579 g/mol. The number of aromatic nitrogens is 1. The first-order valence-corrected chi connectivity index (χ1v) is 14.9. The number of pyridine rings is 1. The Morgan fingerprint density at radius 1 is 0.370 bits per heavy atom. The van der Waals surface area contributed by atoms with Crippen molar-refractivity contribution in [2.24, 2.45) is 0 Å². The molecule has 0 saturated heterocycles. The van der Waals surface area contributed by atoms with Crippen molar-refractivity contribution in [1.82, 2.24) is 4.98 Å². The van der Waals surface area contributed by atoms with Crippen LogP contribution in [0.3, 0.4) is 0 Å². The van der Waals surface area contributed by atoms with Gasteiger partial charge in [-0.3, -0.25) is 0 Å². The lowest BCUT2D eigenvalue weighted by atomic mass is 9.92. The standard InChI is InChI=1S/C41H22F3NO/c42-35-19-25(20-36(43)41(35)44)26-21-37(45-38(22-26)24-14-16-40-34(18-24)32-11-5-6-12-39(32)46-40)23-13-15-31-29-9-2-1-7-27(29)28-8-3-4-10-30(28)33(31)17-23/h1-22H. The maximum Gasteiger partial charge on any atom is 0.194 e. The highest BCUT2D eigenvalue weighted by Crippen LogP contribution is 2.39. The van der Waals surface area contributed by atoms with E-state index in [1.165, 1.54) is 5.39 Å². The number of halogens is 3. The van der Waals surface area contributed by atoms with Gasteiger partial charge in [-0.15, -0.1) is 0 Å². The highest BCUT2D eigenvalue weighted by molar-refractivity contribution is 6.25. The third-order valence-electron chi connectivity index (χ3n) is 8.85. The molecule has 218 valence electrons. The van der Waals surface area contributed by atoms with Crippen LogP contribution in [-0.4, -0.2) is 4.98 Å². The van der Waals surface area contributed by atoms with E-state index in [0.29, 0.717) is 17.0 Å². The molecule has 0 radical (unpaired) electrons. The Balaban J connectivity index is 1.30. The molecule has 5 heteroatoms. The van der Waals surface area contributed by atoms with Gasteiger partial charge in [0.05, 0.1) is 11.4 Å². The summed E-state index contributed by atoms with van der Waals surface area (Å²) < 4.78 is 48.9. The summed E-state index contributed by atoms with van der Waals surface area (Å²) in [6.45, 7) is 0. The Bertz CT molecular complexity index is 2630. The van der Waals surface area contributed by atoms with Gasteiger partial charge in [0.1, 0.15) is 11.2 Å². The Morgan fingerprint density at radius 2 is 0.826 bits per heavy atom. The summed E-state index contributed by atoms with van der Waals surface area (Å²) in [5.41, 5.74) is 5.13. The Labute approximate surface area is 261 Å². The zero-order valence-corrected chi connectivity index (χ0v) is 24.2. The van der Waals surface area contributed by atoms with Gasteiger partial charge >= 0.3 is 0 Å². The van der Waals surface area contributed by atoms with Crippen LogP contribution in [0.1, 0.15) is 0 Å². The zero-order valence-electron chi connectivity index (χ0n) is 24.2. The van der Waals surface area contributed by atoms with E-state index >= 15 is 0 Å². The predicted octanol–water partition coefficient (Wildman–Crippen LogP) is 11.9. The molecule has 2 heterocycles. The van der Waals surface area contributed by atoms with Gasteiger partial charge in [-0.25, -0.2) is 18.2 Å². The third-order valence-corrected chi connectivity index (χ3v) is 8.85. The molecule has 0 spiro atoms. The first-order valence-electron chi connectivity index (χ1n) is 14.9. The van der Waals surface area contributed by atoms with E-state index in [0.717, 1.165) is 72.1 Å². The fourth-order valence-corrected chi connectivity index (χ4v) is 6.67. The molecule has 0 aliphatic carbocycles. The molecule has 0 fully saturated rings. The predicted molar refractivity (Wildman–Crippen MR) is 180 cm³/mol. The molecule has 0 bridgehead atoms. The minimum absolute atomic E-state index is 0.216. The lowest BCUT2D eigenvalue weighted by Crippen LogP contribution is -1.95. The second-order valence-corrected chi connectivity index (χ2v) is 11.5. The van der Waals surface area contributed by atoms with Crippen LogP contribution in [0.4, 0.5) is 13.2 Å². The Morgan fingerprint density at radius 3 is 1.46 bits per heavy atom. The van der Waals surface area contributed by atoms with E-state index in [1.54, 1.807) is 12.1 Å². The van der Waals surface area contributed by atoms with Gasteiger partial charge in [0.25, 0.3) is 0 Å². The van der Waals surface area contributed by atoms with Gasteiger partial charge in [0, 0.05) is 21.9 Å². The van der Waals surface area contributed by atoms with Crippen molar-refractivity contribution in [3.8, 4) is 33.6 Å². The van der Waals surface area contributed by atoms with E-state index < -0.39 is 17.5 Å². The molecule has 0 aliphatic rings. The zero-order chi connectivity index (χ0) is 30.9. The van der Waals surface area contributed by atoms with Crippen LogP contribution in [0.15, 0.2) is 138 Å². The molecule has 0 N–H and O–H groups in total. The summed E-state index contributed by atoms with van der Waals surface area (Å²) in [7, 11) is 0. The summed E-state index contributed by atoms with van der Waals surface area (Å²) in [6.07, 6.45) is 0. The van der Waals surface area contributed by atoms with Crippen molar-refractivity contribution in [2.45, 2.75) is 0 Å². The largest absolute Gasteiger partial charge is 0.456 e. The first kappa shape index (κ1) is 26.5. The van der Waals surface area contributed by atoms with Crippen molar-refractivity contribution in [1.29, 1.82) is 0 Å². The van der Waals surface area contributed by atoms with E-state index in [9.17, 15) is 13.2 Å². The van der Waals surface area contributed by atoms with Crippen LogP contribution in [0.2, 0.25) is 0 Å². The molecule has 2 nitrogen and oxygen atoms in total. The molecule has 9 rings (SSSR count). The Kier molecular flexibility index (Phi) is 5.78. The normalized spacial score (nSPS) is 11.8. The summed E-state index contributed by atoms with van der Waals surface area (Å²) >= 11 is 0. The summed E-state index contributed by atoms with van der Waals surface area (Å²) in [4.78, 5) is 5.09. The number of furan rings is 1. The maximum atomic E-state index is 14.5. The topological polar surface area (TPSA) is 26.0 Å². The van der Waals surface area contributed by atoms with E-state index in [4.69, 9.17) is 9.40 Å². The molecule has 0 atom stereocenters. The molecule has 46 heavy (non-hydrogen) atoms. The molecule has 0 saturated carbocycles. The Hall–Kier alpha value is -5.94. The van der Waals surface area contributed by atoms with Crippen molar-refractivity contribution in [3.05, 3.63) is 151 Å². The quantitative estimate of drug-likeness (QED) is 0.149. The van der Waals surface area contributed by atoms with Gasteiger partial charge in [0.2, 0.25) is 0 Å². The van der Waals surface area contributed by atoms with Crippen LogP contribution in [0.25, 0.3) is 87.9 Å². The molecule has 9 aromatic rings. The fraction of sp³-hybridized carbons (Fsp3) is 0. The number of hydrogen-bond acceptors (Lipinski definition) is 2. The lowest BCUT2D eigenvalue weighted by molar-refractivity contribution is 0.448. The van der Waals surface area contributed by atoms with E-state index in [1.807, 2.05) is 66.7 Å². The number of benzene rings is 7. The van der Waals surface area contributed by atoms with E-state index in [2.05, 4.69) is 42.5 Å². The fourth-order valence-electron chi connectivity index (χ4n) is 6.67. The van der Waals surface area contributed by atoms with Gasteiger partial charge in [-0.05, 0) is 98.0 Å². The van der Waals surface area contributed by atoms with Crippen LogP contribution < -0.4 is 0 Å². The summed E-state index contributed by atoms with van der Waals surface area (Å²) in [6, 6.07) is 42.3. The third kappa shape index (κ3) is 4.09. The van der Waals surface area contributed by atoms with Gasteiger partial charge in [-0.1, -0.05) is 78.9 Å². The minimum atomic E-state index is -1.50. The first-order chi connectivity index (χ1) is 22.5. The smallest absolute Gasteiger partial charge is 0.194 e. The molecule has 2 aromatic heterocycles. The van der Waals surface area contributed by atoms with Gasteiger partial charge in [-0.2, -0.15) is 0 Å². The molecule has 0 aliphatic heterocycles.